The third kappa shape index (κ3) is 1.61. The van der Waals surface area contributed by atoms with Gasteiger partial charge in [0.2, 0.25) is 5.43 Å². The fraction of sp³-hybridized carbons (Fsp3) is 0.111. The van der Waals surface area contributed by atoms with Gasteiger partial charge in [0.15, 0.2) is 11.5 Å². The van der Waals surface area contributed by atoms with E-state index in [1.54, 1.807) is 24.4 Å². The molecule has 1 N–H and O–H groups in total. The van der Waals surface area contributed by atoms with Gasteiger partial charge in [0.1, 0.15) is 0 Å². The number of aromatic nitrogens is 1. The highest BCUT2D eigenvalue weighted by molar-refractivity contribution is 6.23. The van der Waals surface area contributed by atoms with Crippen molar-refractivity contribution in [2.75, 3.05) is 14.2 Å². The molecule has 5 nitrogen and oxygen atoms in total. The van der Waals surface area contributed by atoms with E-state index in [4.69, 9.17) is 9.47 Å². The fourth-order valence-corrected chi connectivity index (χ4v) is 3.27. The van der Waals surface area contributed by atoms with Crippen LogP contribution in [0.15, 0.2) is 46.1 Å². The maximum absolute atomic E-state index is 12.8. The molecule has 0 bridgehead atoms. The van der Waals surface area contributed by atoms with Crippen molar-refractivity contribution >= 4 is 32.4 Å². The molecule has 3 aromatic carbocycles. The number of pyridine rings is 1. The molecule has 0 unspecified atom stereocenters. The van der Waals surface area contributed by atoms with E-state index in [0.717, 1.165) is 0 Å². The van der Waals surface area contributed by atoms with E-state index in [-0.39, 0.29) is 22.4 Å². The monoisotopic (exact) mass is 307 g/mol. The van der Waals surface area contributed by atoms with Crippen molar-refractivity contribution < 1.29 is 9.47 Å². The quantitative estimate of drug-likeness (QED) is 0.456. The average molecular weight is 307 g/mol. The van der Waals surface area contributed by atoms with Crippen LogP contribution in [0.25, 0.3) is 32.4 Å². The van der Waals surface area contributed by atoms with Crippen LogP contribution < -0.4 is 20.3 Å². The molecular weight excluding hydrogens is 294 g/mol. The maximum Gasteiger partial charge on any atom is 0.263 e. The molecule has 0 aliphatic carbocycles. The molecule has 23 heavy (non-hydrogen) atoms. The Kier molecular flexibility index (Phi) is 2.78. The molecule has 4 aromatic rings. The summed E-state index contributed by atoms with van der Waals surface area (Å²) in [6.07, 6.45) is 1.64. The van der Waals surface area contributed by atoms with E-state index in [2.05, 4.69) is 4.98 Å². The van der Waals surface area contributed by atoms with Gasteiger partial charge in [0.25, 0.3) is 5.43 Å². The van der Waals surface area contributed by atoms with E-state index < -0.39 is 0 Å². The molecule has 0 saturated heterocycles. The molecule has 1 aromatic heterocycles. The number of fused-ring (bicyclic) bond motifs is 2. The molecule has 0 fully saturated rings. The highest BCUT2D eigenvalue weighted by atomic mass is 16.5. The molecule has 5 heteroatoms. The van der Waals surface area contributed by atoms with Gasteiger partial charge in [-0.05, 0) is 11.5 Å². The number of hydrogen-bond acceptors (Lipinski definition) is 4. The largest absolute Gasteiger partial charge is 0.492 e. The number of benzene rings is 3. The second kappa shape index (κ2) is 4.71. The van der Waals surface area contributed by atoms with E-state index in [1.807, 2.05) is 12.1 Å². The summed E-state index contributed by atoms with van der Waals surface area (Å²) in [5.41, 5.74) is 0.00746. The lowest BCUT2D eigenvalue weighted by molar-refractivity contribution is 0.394. The Morgan fingerprint density at radius 2 is 1.48 bits per heavy atom. The van der Waals surface area contributed by atoms with Crippen LogP contribution in [0.2, 0.25) is 0 Å². The first kappa shape index (κ1) is 13.6. The summed E-state index contributed by atoms with van der Waals surface area (Å²) in [7, 11) is 2.89. The van der Waals surface area contributed by atoms with Gasteiger partial charge in [-0.1, -0.05) is 24.3 Å². The second-order valence-electron chi connectivity index (χ2n) is 5.29. The Bertz CT molecular complexity index is 1180. The lowest BCUT2D eigenvalue weighted by Crippen LogP contribution is -2.13. The smallest absolute Gasteiger partial charge is 0.263 e. The van der Waals surface area contributed by atoms with Crippen molar-refractivity contribution in [1.29, 1.82) is 0 Å². The molecule has 4 rings (SSSR count). The number of H-pyrrole nitrogens is 1. The molecule has 0 radical (unpaired) electrons. The highest BCUT2D eigenvalue weighted by Gasteiger charge is 2.22. The molecule has 0 aliphatic heterocycles. The first-order chi connectivity index (χ1) is 11.2. The van der Waals surface area contributed by atoms with Gasteiger partial charge < -0.3 is 14.5 Å². The summed E-state index contributed by atoms with van der Waals surface area (Å²) >= 11 is 0. The van der Waals surface area contributed by atoms with Gasteiger partial charge in [-0.2, -0.15) is 0 Å². The molecule has 0 saturated carbocycles. The standard InChI is InChI=1S/C18H13NO4/c1-22-17-11-7-8-19-14-12(11)13(18(23-2)16(17)21)9-5-3-4-6-10(9)15(14)20/h3-8,19H,1-2H3. The highest BCUT2D eigenvalue weighted by Crippen LogP contribution is 2.37. The third-order valence-corrected chi connectivity index (χ3v) is 4.21. The zero-order valence-corrected chi connectivity index (χ0v) is 12.6. The second-order valence-corrected chi connectivity index (χ2v) is 5.29. The summed E-state index contributed by atoms with van der Waals surface area (Å²) in [6, 6.07) is 8.96. The Labute approximate surface area is 130 Å². The number of rotatable bonds is 2. The van der Waals surface area contributed by atoms with Crippen molar-refractivity contribution in [1.82, 2.24) is 4.98 Å². The summed E-state index contributed by atoms with van der Waals surface area (Å²) in [5.74, 6) is 0.373. The molecule has 1 heterocycles. The van der Waals surface area contributed by atoms with E-state index in [9.17, 15) is 9.59 Å². The molecule has 0 atom stereocenters. The van der Waals surface area contributed by atoms with Crippen molar-refractivity contribution in [2.24, 2.45) is 0 Å². The number of methoxy groups -OCH3 is 2. The summed E-state index contributed by atoms with van der Waals surface area (Å²) < 4.78 is 10.7. The Morgan fingerprint density at radius 1 is 0.783 bits per heavy atom. The van der Waals surface area contributed by atoms with Crippen LogP contribution in [-0.4, -0.2) is 19.2 Å². The van der Waals surface area contributed by atoms with Crippen LogP contribution in [-0.2, 0) is 0 Å². The molecular formula is C18H13NO4. The lowest BCUT2D eigenvalue weighted by Gasteiger charge is -2.14. The zero-order chi connectivity index (χ0) is 16.1. The van der Waals surface area contributed by atoms with Gasteiger partial charge in [0.05, 0.1) is 19.7 Å². The van der Waals surface area contributed by atoms with Crippen molar-refractivity contribution in [2.45, 2.75) is 0 Å². The van der Waals surface area contributed by atoms with Crippen LogP contribution in [0, 0.1) is 0 Å². The maximum atomic E-state index is 12.8. The molecule has 0 aliphatic rings. The lowest BCUT2D eigenvalue weighted by atomic mass is 9.96. The van der Waals surface area contributed by atoms with E-state index in [0.29, 0.717) is 32.4 Å². The van der Waals surface area contributed by atoms with Crippen molar-refractivity contribution in [3.63, 3.8) is 0 Å². The minimum absolute atomic E-state index is 0.110. The molecule has 114 valence electrons. The van der Waals surface area contributed by atoms with E-state index in [1.165, 1.54) is 14.2 Å². The van der Waals surface area contributed by atoms with Crippen LogP contribution in [0.5, 0.6) is 11.5 Å². The van der Waals surface area contributed by atoms with Crippen molar-refractivity contribution in [3.8, 4) is 11.5 Å². The number of ether oxygens (including phenoxy) is 2. The zero-order valence-electron chi connectivity index (χ0n) is 12.6. The third-order valence-electron chi connectivity index (χ3n) is 4.21. The van der Waals surface area contributed by atoms with Gasteiger partial charge in [-0.25, -0.2) is 0 Å². The summed E-state index contributed by atoms with van der Waals surface area (Å²) in [5, 5.41) is 3.14. The number of nitrogens with one attached hydrogen (secondary N) is 1. The molecule has 0 spiro atoms. The first-order valence-electron chi connectivity index (χ1n) is 7.12. The minimum atomic E-state index is -0.321. The predicted octanol–water partition coefficient (Wildman–Crippen LogP) is 2.65. The van der Waals surface area contributed by atoms with Gasteiger partial charge in [-0.3, -0.25) is 9.59 Å². The van der Waals surface area contributed by atoms with E-state index >= 15 is 0 Å². The Hall–Kier alpha value is -3.08. The minimum Gasteiger partial charge on any atom is -0.492 e. The SMILES string of the molecule is COc1c(=O)c(OC)c2c3ccccc3c(=O)c3[nH]ccc1c32. The number of hydrogen-bond donors (Lipinski definition) is 1. The van der Waals surface area contributed by atoms with Gasteiger partial charge in [-0.15, -0.1) is 0 Å². The fourth-order valence-electron chi connectivity index (χ4n) is 3.27. The molecule has 0 amide bonds. The first-order valence-corrected chi connectivity index (χ1v) is 7.12. The van der Waals surface area contributed by atoms with Crippen LogP contribution >= 0.6 is 0 Å². The van der Waals surface area contributed by atoms with Crippen molar-refractivity contribution in [3.05, 3.63) is 57.0 Å². The summed E-state index contributed by atoms with van der Waals surface area (Å²) in [4.78, 5) is 28.5. The Morgan fingerprint density at radius 3 is 2.17 bits per heavy atom. The van der Waals surface area contributed by atoms with Crippen LogP contribution in [0.4, 0.5) is 0 Å². The van der Waals surface area contributed by atoms with Crippen LogP contribution in [0.1, 0.15) is 0 Å². The normalized spacial score (nSPS) is 11.4. The summed E-state index contributed by atoms with van der Waals surface area (Å²) in [6.45, 7) is 0. The van der Waals surface area contributed by atoms with Crippen LogP contribution in [0.3, 0.4) is 0 Å². The average Bonchev–Trinajstić information content (AvgIpc) is 2.59. The topological polar surface area (TPSA) is 68.4 Å². The predicted molar refractivity (Wildman–Crippen MR) is 90.1 cm³/mol. The number of aromatic amines is 1. The van der Waals surface area contributed by atoms with Gasteiger partial charge >= 0.3 is 0 Å². The Balaban J connectivity index is 2.52. The van der Waals surface area contributed by atoms with Gasteiger partial charge in [0, 0.05) is 27.7 Å².